The van der Waals surface area contributed by atoms with Crippen LogP contribution in [0.5, 0.6) is 0 Å². The monoisotopic (exact) mass is 395 g/mol. The maximum absolute atomic E-state index is 12.1. The molecule has 3 aliphatic heterocycles. The third-order valence-electron chi connectivity index (χ3n) is 6.67. The average molecular weight is 396 g/mol. The predicted octanol–water partition coefficient (Wildman–Crippen LogP) is 3.65. The normalized spacial score (nSPS) is 27.5. The third-order valence-corrected chi connectivity index (χ3v) is 6.67. The van der Waals surface area contributed by atoms with Crippen molar-refractivity contribution in [2.75, 3.05) is 13.1 Å². The molecule has 3 aliphatic rings. The molecule has 3 aromatic rings. The van der Waals surface area contributed by atoms with Gasteiger partial charge < -0.3 is 5.11 Å². The molecule has 3 saturated heterocycles. The van der Waals surface area contributed by atoms with E-state index in [2.05, 4.69) is 27.9 Å². The molecule has 1 aromatic carbocycles. The molecule has 0 spiro atoms. The molecule has 150 valence electrons. The summed E-state index contributed by atoms with van der Waals surface area (Å²) < 4.78 is 0. The lowest BCUT2D eigenvalue weighted by molar-refractivity contribution is -0.143. The molecule has 2 aromatic heterocycles. The highest BCUT2D eigenvalue weighted by molar-refractivity contribution is 5.59. The second-order valence-corrected chi connectivity index (χ2v) is 8.30. The van der Waals surface area contributed by atoms with Crippen LogP contribution in [0.3, 0.4) is 0 Å². The van der Waals surface area contributed by atoms with Crippen LogP contribution in [0.2, 0.25) is 0 Å². The first-order chi connectivity index (χ1) is 14.7. The van der Waals surface area contributed by atoms with Gasteiger partial charge in [0.25, 0.3) is 0 Å². The van der Waals surface area contributed by atoms with Crippen molar-refractivity contribution in [1.29, 1.82) is 0 Å². The van der Waals surface area contributed by atoms with Gasteiger partial charge in [-0.05, 0) is 55.6 Å². The zero-order valence-corrected chi connectivity index (χ0v) is 16.9. The number of benzene rings is 1. The van der Waals surface area contributed by atoms with E-state index in [1.165, 1.54) is 0 Å². The first-order valence-electron chi connectivity index (χ1n) is 10.6. The molecule has 4 nitrogen and oxygen atoms in total. The van der Waals surface area contributed by atoms with Crippen LogP contribution in [0, 0.1) is 18.3 Å². The maximum Gasteiger partial charge on any atom is 0.121 e. The zero-order chi connectivity index (χ0) is 20.6. The third kappa shape index (κ3) is 3.11. The van der Waals surface area contributed by atoms with E-state index < -0.39 is 5.60 Å². The van der Waals surface area contributed by atoms with Gasteiger partial charge in [-0.1, -0.05) is 42.3 Å². The van der Waals surface area contributed by atoms with E-state index in [9.17, 15) is 5.11 Å². The Kier molecular flexibility index (Phi) is 4.86. The van der Waals surface area contributed by atoms with Gasteiger partial charge in [-0.15, -0.1) is 6.42 Å². The van der Waals surface area contributed by atoms with Crippen LogP contribution in [-0.4, -0.2) is 39.1 Å². The minimum absolute atomic E-state index is 0.157. The van der Waals surface area contributed by atoms with Crippen molar-refractivity contribution in [3.63, 3.8) is 0 Å². The quantitative estimate of drug-likeness (QED) is 0.685. The summed E-state index contributed by atoms with van der Waals surface area (Å²) in [5, 5.41) is 12.1. The molecular formula is C26H25N3O. The number of aromatic nitrogens is 2. The molecule has 0 amide bonds. The maximum atomic E-state index is 12.1. The molecule has 2 bridgehead atoms. The van der Waals surface area contributed by atoms with Gasteiger partial charge in [-0.3, -0.25) is 14.9 Å². The summed E-state index contributed by atoms with van der Waals surface area (Å²) in [5.41, 5.74) is 3.68. The van der Waals surface area contributed by atoms with Crippen LogP contribution in [0.25, 0.3) is 11.3 Å². The summed E-state index contributed by atoms with van der Waals surface area (Å²) in [7, 11) is 0. The second-order valence-electron chi connectivity index (χ2n) is 8.30. The number of hydrogen-bond donors (Lipinski definition) is 1. The molecule has 2 unspecified atom stereocenters. The number of nitrogens with zero attached hydrogens (tertiary/aromatic N) is 3. The molecule has 30 heavy (non-hydrogen) atoms. The fourth-order valence-corrected chi connectivity index (χ4v) is 5.16. The van der Waals surface area contributed by atoms with E-state index in [0.29, 0.717) is 6.42 Å². The minimum Gasteiger partial charge on any atom is -0.382 e. The van der Waals surface area contributed by atoms with Crippen molar-refractivity contribution >= 4 is 0 Å². The van der Waals surface area contributed by atoms with Crippen molar-refractivity contribution in [1.82, 2.24) is 14.9 Å². The van der Waals surface area contributed by atoms with Crippen LogP contribution in [0.4, 0.5) is 0 Å². The SMILES string of the molecule is C#CC1N2CCC(CC2)C1(O)c1ccc(-c2cccnc2)nc1Cc1ccccc1. The molecule has 5 heterocycles. The fourth-order valence-electron chi connectivity index (χ4n) is 5.16. The van der Waals surface area contributed by atoms with Crippen molar-refractivity contribution in [2.24, 2.45) is 5.92 Å². The summed E-state index contributed by atoms with van der Waals surface area (Å²) in [6.07, 6.45) is 12.1. The summed E-state index contributed by atoms with van der Waals surface area (Å²) in [4.78, 5) is 11.5. The van der Waals surface area contributed by atoms with Crippen molar-refractivity contribution in [3.8, 4) is 23.6 Å². The Hall–Kier alpha value is -3.00. The molecule has 6 rings (SSSR count). The first-order valence-corrected chi connectivity index (χ1v) is 10.6. The van der Waals surface area contributed by atoms with Gasteiger partial charge in [0.1, 0.15) is 11.6 Å². The highest BCUT2D eigenvalue weighted by Crippen LogP contribution is 2.47. The standard InChI is InChI=1S/C26H25N3O/c1-2-25-26(30,21-12-15-29(25)16-13-21)22-10-11-23(20-9-6-14-27-18-20)28-24(22)17-19-7-4-3-5-8-19/h1,3-11,14,18,21,25,30H,12-13,15-17H2. The van der Waals surface area contributed by atoms with E-state index in [1.54, 1.807) is 6.20 Å². The molecule has 0 radical (unpaired) electrons. The summed E-state index contributed by atoms with van der Waals surface area (Å²) >= 11 is 0. The molecule has 4 heteroatoms. The van der Waals surface area contributed by atoms with Gasteiger partial charge in [-0.2, -0.15) is 0 Å². The highest BCUT2D eigenvalue weighted by atomic mass is 16.3. The van der Waals surface area contributed by atoms with E-state index in [0.717, 1.165) is 54.0 Å². The number of aliphatic hydroxyl groups is 1. The highest BCUT2D eigenvalue weighted by Gasteiger charge is 2.54. The van der Waals surface area contributed by atoms with Gasteiger partial charge in [0.15, 0.2) is 0 Å². The van der Waals surface area contributed by atoms with Crippen LogP contribution >= 0.6 is 0 Å². The zero-order valence-electron chi connectivity index (χ0n) is 16.9. The Morgan fingerprint density at radius 3 is 2.57 bits per heavy atom. The molecule has 0 saturated carbocycles. The van der Waals surface area contributed by atoms with E-state index in [-0.39, 0.29) is 12.0 Å². The van der Waals surface area contributed by atoms with E-state index >= 15 is 0 Å². The van der Waals surface area contributed by atoms with Gasteiger partial charge in [0.05, 0.1) is 11.4 Å². The van der Waals surface area contributed by atoms with Gasteiger partial charge in [-0.25, -0.2) is 0 Å². The second kappa shape index (κ2) is 7.68. The van der Waals surface area contributed by atoms with Gasteiger partial charge in [0.2, 0.25) is 0 Å². The lowest BCUT2D eigenvalue weighted by Crippen LogP contribution is -2.63. The predicted molar refractivity (Wildman–Crippen MR) is 118 cm³/mol. The average Bonchev–Trinajstić information content (AvgIpc) is 2.81. The minimum atomic E-state index is -1.07. The first kappa shape index (κ1) is 19.0. The van der Waals surface area contributed by atoms with Gasteiger partial charge in [0, 0.05) is 29.9 Å². The van der Waals surface area contributed by atoms with Crippen molar-refractivity contribution < 1.29 is 5.11 Å². The molecular weight excluding hydrogens is 370 g/mol. The number of fused-ring (bicyclic) bond motifs is 3. The Balaban J connectivity index is 1.65. The molecule has 1 N–H and O–H groups in total. The van der Waals surface area contributed by atoms with E-state index in [1.807, 2.05) is 48.7 Å². The molecule has 2 atom stereocenters. The number of rotatable bonds is 4. The van der Waals surface area contributed by atoms with Crippen molar-refractivity contribution in [2.45, 2.75) is 30.9 Å². The van der Waals surface area contributed by atoms with Gasteiger partial charge >= 0.3 is 0 Å². The largest absolute Gasteiger partial charge is 0.382 e. The number of terminal acetylenes is 1. The lowest BCUT2D eigenvalue weighted by Gasteiger charge is -2.54. The Morgan fingerprint density at radius 1 is 1.07 bits per heavy atom. The molecule has 3 fully saturated rings. The van der Waals surface area contributed by atoms with Crippen LogP contribution in [-0.2, 0) is 12.0 Å². The summed E-state index contributed by atoms with van der Waals surface area (Å²) in [5.74, 6) is 3.06. The Bertz CT molecular complexity index is 1070. The van der Waals surface area contributed by atoms with Crippen LogP contribution < -0.4 is 0 Å². The lowest BCUT2D eigenvalue weighted by atomic mass is 9.66. The van der Waals surface area contributed by atoms with Crippen LogP contribution in [0.1, 0.15) is 29.7 Å². The Morgan fingerprint density at radius 2 is 1.87 bits per heavy atom. The summed E-state index contributed by atoms with van der Waals surface area (Å²) in [6.45, 7) is 1.91. The van der Waals surface area contributed by atoms with Crippen LogP contribution in [0.15, 0.2) is 67.0 Å². The Labute approximate surface area is 177 Å². The topological polar surface area (TPSA) is 49.2 Å². The molecule has 0 aliphatic carbocycles. The number of piperidine rings is 3. The summed E-state index contributed by atoms with van der Waals surface area (Å²) in [6, 6.07) is 17.9. The fraction of sp³-hybridized carbons (Fsp3) is 0.308. The van der Waals surface area contributed by atoms with Crippen molar-refractivity contribution in [3.05, 3.63) is 83.8 Å². The smallest absolute Gasteiger partial charge is 0.121 e. The number of hydrogen-bond acceptors (Lipinski definition) is 4. The number of pyridine rings is 2. The van der Waals surface area contributed by atoms with E-state index in [4.69, 9.17) is 11.4 Å².